The maximum absolute atomic E-state index is 13.2. The Morgan fingerprint density at radius 1 is 1.12 bits per heavy atom. The minimum Gasteiger partial charge on any atom is -0.372 e. The molecule has 2 aromatic carbocycles. The fourth-order valence-electron chi connectivity index (χ4n) is 3.86. The highest BCUT2D eigenvalue weighted by Crippen LogP contribution is 2.47. The topological polar surface area (TPSA) is 56.3 Å². The third kappa shape index (κ3) is 1.80. The smallest absolute Gasteiger partial charge is 0.268 e. The van der Waals surface area contributed by atoms with Crippen LogP contribution in [0.1, 0.15) is 30.2 Å². The van der Waals surface area contributed by atoms with Gasteiger partial charge in [-0.2, -0.15) is 0 Å². The van der Waals surface area contributed by atoms with Crippen LogP contribution in [-0.2, 0) is 10.4 Å². The number of H-pyrrole nitrogens is 1. The van der Waals surface area contributed by atoms with E-state index in [9.17, 15) is 9.90 Å². The summed E-state index contributed by atoms with van der Waals surface area (Å²) in [6, 6.07) is 15.3. The Hall–Kier alpha value is -2.59. The molecule has 0 unspecified atom stereocenters. The first-order valence-corrected chi connectivity index (χ1v) is 8.30. The number of carbonyl (C=O) groups is 1. The van der Waals surface area contributed by atoms with Gasteiger partial charge in [0.2, 0.25) is 0 Å². The first-order valence-electron chi connectivity index (χ1n) is 8.30. The molecule has 0 saturated heterocycles. The van der Waals surface area contributed by atoms with Gasteiger partial charge in [-0.1, -0.05) is 43.3 Å². The highest BCUT2D eigenvalue weighted by Gasteiger charge is 2.52. The summed E-state index contributed by atoms with van der Waals surface area (Å²) in [7, 11) is 0. The molecule has 4 nitrogen and oxygen atoms in total. The van der Waals surface area contributed by atoms with Gasteiger partial charge in [0.15, 0.2) is 5.60 Å². The predicted octanol–water partition coefficient (Wildman–Crippen LogP) is 3.47. The number of fused-ring (bicyclic) bond motifs is 2. The van der Waals surface area contributed by atoms with Gasteiger partial charge in [-0.25, -0.2) is 0 Å². The lowest BCUT2D eigenvalue weighted by atomic mass is 9.85. The van der Waals surface area contributed by atoms with Crippen molar-refractivity contribution in [2.45, 2.75) is 25.9 Å². The third-order valence-corrected chi connectivity index (χ3v) is 4.84. The van der Waals surface area contributed by atoms with Gasteiger partial charge in [0.05, 0.1) is 5.69 Å². The van der Waals surface area contributed by atoms with E-state index in [1.807, 2.05) is 62.4 Å². The minimum absolute atomic E-state index is 0.265. The van der Waals surface area contributed by atoms with E-state index in [1.54, 1.807) is 4.90 Å². The number of nitrogens with zero attached hydrogens (tertiary/aromatic N) is 1. The lowest BCUT2D eigenvalue weighted by molar-refractivity contribution is -0.132. The number of para-hydroxylation sites is 2. The second-order valence-corrected chi connectivity index (χ2v) is 6.35. The number of aromatic nitrogens is 1. The van der Waals surface area contributed by atoms with Crippen molar-refractivity contribution in [3.05, 3.63) is 65.4 Å². The molecule has 2 N–H and O–H groups in total. The molecule has 4 heteroatoms. The number of hydrogen-bond donors (Lipinski definition) is 2. The quantitative estimate of drug-likeness (QED) is 0.776. The number of hydrogen-bond acceptors (Lipinski definition) is 2. The summed E-state index contributed by atoms with van der Waals surface area (Å²) in [5.41, 5.74) is 2.23. The van der Waals surface area contributed by atoms with Crippen LogP contribution in [0.3, 0.4) is 0 Å². The number of aromatic amines is 1. The SMILES string of the molecule is CCCN1C(=O)[C@@](O)(c2c(C)[nH]c3ccccc23)c2ccccc21. The molecule has 1 aromatic heterocycles. The van der Waals surface area contributed by atoms with E-state index in [0.717, 1.165) is 28.7 Å². The fourth-order valence-corrected chi connectivity index (χ4v) is 3.86. The highest BCUT2D eigenvalue weighted by molar-refractivity contribution is 6.11. The summed E-state index contributed by atoms with van der Waals surface area (Å²) in [5, 5.41) is 12.5. The summed E-state index contributed by atoms with van der Waals surface area (Å²) in [4.78, 5) is 18.2. The Kier molecular flexibility index (Phi) is 3.25. The van der Waals surface area contributed by atoms with Gasteiger partial charge < -0.3 is 15.0 Å². The number of anilines is 1. The molecule has 24 heavy (non-hydrogen) atoms. The van der Waals surface area contributed by atoms with E-state index in [4.69, 9.17) is 0 Å². The van der Waals surface area contributed by atoms with Crippen molar-refractivity contribution in [2.75, 3.05) is 11.4 Å². The average Bonchev–Trinajstić information content (AvgIpc) is 3.03. The van der Waals surface area contributed by atoms with Crippen LogP contribution in [0.5, 0.6) is 0 Å². The maximum atomic E-state index is 13.2. The van der Waals surface area contributed by atoms with Gasteiger partial charge in [0.25, 0.3) is 5.91 Å². The van der Waals surface area contributed by atoms with Crippen molar-refractivity contribution in [3.8, 4) is 0 Å². The van der Waals surface area contributed by atoms with E-state index in [2.05, 4.69) is 4.98 Å². The molecule has 0 fully saturated rings. The fraction of sp³-hybridized carbons (Fsp3) is 0.250. The molecular weight excluding hydrogens is 300 g/mol. The minimum atomic E-state index is -1.64. The van der Waals surface area contributed by atoms with Gasteiger partial charge in [0, 0.05) is 34.3 Å². The van der Waals surface area contributed by atoms with Crippen LogP contribution in [0.2, 0.25) is 0 Å². The first-order chi connectivity index (χ1) is 11.6. The van der Waals surface area contributed by atoms with Gasteiger partial charge in [-0.05, 0) is 25.5 Å². The van der Waals surface area contributed by atoms with Crippen LogP contribution in [0, 0.1) is 6.92 Å². The zero-order chi connectivity index (χ0) is 16.9. The molecule has 1 aliphatic rings. The Morgan fingerprint density at radius 3 is 2.62 bits per heavy atom. The monoisotopic (exact) mass is 320 g/mol. The van der Waals surface area contributed by atoms with E-state index in [1.165, 1.54) is 0 Å². The molecule has 3 aromatic rings. The van der Waals surface area contributed by atoms with E-state index in [0.29, 0.717) is 17.7 Å². The standard InChI is InChI=1S/C20H20N2O2/c1-3-12-22-17-11-7-5-9-15(17)20(24,19(22)23)18-13(2)21-16-10-6-4-8-14(16)18/h4-11,21,24H,3,12H2,1-2H3/t20-/m0/s1. The van der Waals surface area contributed by atoms with Crippen molar-refractivity contribution in [3.63, 3.8) is 0 Å². The summed E-state index contributed by atoms with van der Waals surface area (Å²) in [6.07, 6.45) is 0.836. The van der Waals surface area contributed by atoms with Crippen LogP contribution in [-0.4, -0.2) is 22.5 Å². The number of nitrogens with one attached hydrogen (secondary N) is 1. The predicted molar refractivity (Wildman–Crippen MR) is 95.1 cm³/mol. The van der Waals surface area contributed by atoms with Crippen molar-refractivity contribution in [1.82, 2.24) is 4.98 Å². The number of carbonyl (C=O) groups excluding carboxylic acids is 1. The molecule has 0 bridgehead atoms. The van der Waals surface area contributed by atoms with Crippen LogP contribution in [0.15, 0.2) is 48.5 Å². The molecule has 0 saturated carbocycles. The Balaban J connectivity index is 2.03. The number of rotatable bonds is 3. The van der Waals surface area contributed by atoms with E-state index < -0.39 is 5.60 Å². The molecule has 1 aliphatic heterocycles. The average molecular weight is 320 g/mol. The normalized spacial score (nSPS) is 20.0. The molecule has 122 valence electrons. The third-order valence-electron chi connectivity index (χ3n) is 4.84. The van der Waals surface area contributed by atoms with Crippen molar-refractivity contribution in [2.24, 2.45) is 0 Å². The van der Waals surface area contributed by atoms with E-state index >= 15 is 0 Å². The largest absolute Gasteiger partial charge is 0.372 e. The Labute approximate surface area is 140 Å². The van der Waals surface area contributed by atoms with Crippen molar-refractivity contribution >= 4 is 22.5 Å². The molecule has 0 aliphatic carbocycles. The van der Waals surface area contributed by atoms with Crippen molar-refractivity contribution < 1.29 is 9.90 Å². The van der Waals surface area contributed by atoms with Crippen LogP contribution in [0.25, 0.3) is 10.9 Å². The Morgan fingerprint density at radius 2 is 1.83 bits per heavy atom. The number of benzene rings is 2. The second-order valence-electron chi connectivity index (χ2n) is 6.35. The molecule has 1 atom stereocenters. The van der Waals surface area contributed by atoms with Crippen LogP contribution < -0.4 is 4.90 Å². The summed E-state index contributed by atoms with van der Waals surface area (Å²) in [5.74, 6) is -0.265. The summed E-state index contributed by atoms with van der Waals surface area (Å²) < 4.78 is 0. The first kappa shape index (κ1) is 15.0. The number of amides is 1. The molecular formula is C20H20N2O2. The lowest BCUT2D eigenvalue weighted by Gasteiger charge is -2.24. The van der Waals surface area contributed by atoms with E-state index in [-0.39, 0.29) is 5.91 Å². The van der Waals surface area contributed by atoms with Gasteiger partial charge >= 0.3 is 0 Å². The zero-order valence-corrected chi connectivity index (χ0v) is 13.8. The molecule has 1 amide bonds. The Bertz CT molecular complexity index is 944. The molecule has 4 rings (SSSR count). The van der Waals surface area contributed by atoms with Gasteiger partial charge in [0.1, 0.15) is 0 Å². The summed E-state index contributed by atoms with van der Waals surface area (Å²) in [6.45, 7) is 4.54. The van der Waals surface area contributed by atoms with Crippen LogP contribution >= 0.6 is 0 Å². The number of aliphatic hydroxyl groups is 1. The van der Waals surface area contributed by atoms with Gasteiger partial charge in [-0.15, -0.1) is 0 Å². The molecule has 2 heterocycles. The molecule has 0 radical (unpaired) electrons. The van der Waals surface area contributed by atoms with Crippen LogP contribution in [0.4, 0.5) is 5.69 Å². The zero-order valence-electron chi connectivity index (χ0n) is 13.8. The highest BCUT2D eigenvalue weighted by atomic mass is 16.3. The van der Waals surface area contributed by atoms with Gasteiger partial charge in [-0.3, -0.25) is 4.79 Å². The lowest BCUT2D eigenvalue weighted by Crippen LogP contribution is -2.41. The second kappa shape index (κ2) is 5.21. The van der Waals surface area contributed by atoms with Crippen molar-refractivity contribution in [1.29, 1.82) is 0 Å². The maximum Gasteiger partial charge on any atom is 0.268 e. The molecule has 0 spiro atoms. The summed E-state index contributed by atoms with van der Waals surface area (Å²) >= 11 is 0. The number of aryl methyl sites for hydroxylation is 1.